The van der Waals surface area contributed by atoms with Crippen LogP contribution in [-0.4, -0.2) is 35.4 Å². The van der Waals surface area contributed by atoms with E-state index in [0.29, 0.717) is 30.3 Å². The highest BCUT2D eigenvalue weighted by atomic mass is 16.5. The summed E-state index contributed by atoms with van der Waals surface area (Å²) in [6, 6.07) is -0.556. The minimum Gasteiger partial charge on any atom is -0.497 e. The van der Waals surface area contributed by atoms with Crippen LogP contribution in [0.3, 0.4) is 0 Å². The summed E-state index contributed by atoms with van der Waals surface area (Å²) in [7, 11) is 0. The van der Waals surface area contributed by atoms with Crippen LogP contribution in [0.15, 0.2) is 24.0 Å². The fraction of sp³-hybridized carbons (Fsp3) is 0.815. The molecular weight excluding hydrogens is 402 g/mol. The lowest BCUT2D eigenvalue weighted by Gasteiger charge is -2.63. The Morgan fingerprint density at radius 3 is 2.69 bits per heavy atom. The molecule has 5 rings (SSSR count). The molecule has 0 radical (unpaired) electrons. The normalized spacial score (nSPS) is 48.5. The number of carbonyl (C=O) groups excluding carboxylic acids is 1. The van der Waals surface area contributed by atoms with Crippen LogP contribution < -0.4 is 5.73 Å². The largest absolute Gasteiger partial charge is 0.497 e. The molecule has 4 aliphatic carbocycles. The third kappa shape index (κ3) is 3.21. The fourth-order valence-corrected chi connectivity index (χ4v) is 8.72. The van der Waals surface area contributed by atoms with Crippen molar-refractivity contribution in [1.29, 1.82) is 0 Å². The van der Waals surface area contributed by atoms with Crippen LogP contribution in [-0.2, 0) is 14.3 Å². The lowest BCUT2D eigenvalue weighted by atomic mass is 9.43. The molecule has 32 heavy (non-hydrogen) atoms. The molecule has 0 bridgehead atoms. The summed E-state index contributed by atoms with van der Waals surface area (Å²) in [6.45, 7) is 7.17. The number of ether oxygens (including phenoxy) is 2. The molecule has 9 atom stereocenters. The van der Waals surface area contributed by atoms with Gasteiger partial charge in [0.25, 0.3) is 0 Å². The summed E-state index contributed by atoms with van der Waals surface area (Å²) >= 11 is 0. The van der Waals surface area contributed by atoms with Crippen LogP contribution in [0.5, 0.6) is 0 Å². The molecule has 4 saturated carbocycles. The van der Waals surface area contributed by atoms with E-state index >= 15 is 0 Å². The minimum atomic E-state index is -0.598. The van der Waals surface area contributed by atoms with Crippen molar-refractivity contribution in [3.8, 4) is 0 Å². The van der Waals surface area contributed by atoms with E-state index in [1.807, 2.05) is 6.26 Å². The number of hydrogen-bond donors (Lipinski definition) is 2. The predicted molar refractivity (Wildman–Crippen MR) is 123 cm³/mol. The van der Waals surface area contributed by atoms with Gasteiger partial charge in [0, 0.05) is 5.41 Å². The second kappa shape index (κ2) is 7.87. The Kier molecular flexibility index (Phi) is 5.52. The smallest absolute Gasteiger partial charge is 0.322 e. The Hall–Kier alpha value is -1.33. The standard InChI is InChI=1S/C27H41NO4/c1-17(28)24(29)32-20-8-11-25(2)19(15-20)6-7-23-22(25)9-12-26(3)21(10-13-27(23,26)30)18-5-4-14-31-16-18/h4-5,16-17,19-23,30H,6-15,28H2,1-3H3/t17?,19-,20+,21-,22+,23-,25+,26-,27+/m1/s1. The summed E-state index contributed by atoms with van der Waals surface area (Å²) in [5.41, 5.74) is 6.53. The predicted octanol–water partition coefficient (Wildman–Crippen LogP) is 4.49. The van der Waals surface area contributed by atoms with Gasteiger partial charge in [-0.15, -0.1) is 0 Å². The maximum absolute atomic E-state index is 12.3. The molecule has 0 aromatic heterocycles. The molecule has 0 aromatic carbocycles. The quantitative estimate of drug-likeness (QED) is 0.628. The van der Waals surface area contributed by atoms with Gasteiger partial charge < -0.3 is 20.3 Å². The van der Waals surface area contributed by atoms with Crippen molar-refractivity contribution in [3.63, 3.8) is 0 Å². The number of nitrogens with two attached hydrogens (primary N) is 1. The summed E-state index contributed by atoms with van der Waals surface area (Å²) < 4.78 is 11.4. The van der Waals surface area contributed by atoms with Crippen LogP contribution in [0.4, 0.5) is 0 Å². The third-order valence-corrected chi connectivity index (χ3v) is 10.6. The number of esters is 1. The van der Waals surface area contributed by atoms with E-state index in [9.17, 15) is 9.90 Å². The van der Waals surface area contributed by atoms with Gasteiger partial charge in [-0.05, 0) is 105 Å². The molecule has 5 heteroatoms. The Balaban J connectivity index is 1.35. The first kappa shape index (κ1) is 22.5. The molecule has 0 spiro atoms. The zero-order chi connectivity index (χ0) is 22.7. The molecule has 0 amide bonds. The second-order valence-electron chi connectivity index (χ2n) is 11.9. The van der Waals surface area contributed by atoms with Gasteiger partial charge >= 0.3 is 5.97 Å². The average molecular weight is 444 g/mol. The molecule has 5 nitrogen and oxygen atoms in total. The lowest BCUT2D eigenvalue weighted by Crippen LogP contribution is -2.62. The number of hydrogen-bond acceptors (Lipinski definition) is 5. The van der Waals surface area contributed by atoms with E-state index in [1.54, 1.807) is 6.92 Å². The number of aliphatic hydroxyl groups is 1. The van der Waals surface area contributed by atoms with Crippen molar-refractivity contribution in [2.45, 2.75) is 96.3 Å². The van der Waals surface area contributed by atoms with Gasteiger partial charge in [0.2, 0.25) is 0 Å². The number of rotatable bonds is 3. The Morgan fingerprint density at radius 1 is 1.16 bits per heavy atom. The Morgan fingerprint density at radius 2 is 1.97 bits per heavy atom. The van der Waals surface area contributed by atoms with E-state index in [1.165, 1.54) is 12.0 Å². The fourth-order valence-electron chi connectivity index (χ4n) is 8.72. The second-order valence-corrected chi connectivity index (χ2v) is 11.9. The van der Waals surface area contributed by atoms with Gasteiger partial charge in [-0.2, -0.15) is 0 Å². The zero-order valence-corrected chi connectivity index (χ0v) is 20.0. The van der Waals surface area contributed by atoms with Gasteiger partial charge in [-0.1, -0.05) is 19.9 Å². The molecule has 1 aliphatic heterocycles. The first-order chi connectivity index (χ1) is 15.2. The van der Waals surface area contributed by atoms with Gasteiger partial charge in [0.05, 0.1) is 11.9 Å². The SMILES string of the molecule is CC(N)C(=O)O[C@H]1CC[C@@]2(C)[C@H](CC[C@@H]3[C@@H]2CC[C@]2(C)[C@@H](C4=COCC=C4)CC[C@]32O)C1. The van der Waals surface area contributed by atoms with E-state index in [0.717, 1.165) is 51.4 Å². The van der Waals surface area contributed by atoms with Crippen molar-refractivity contribution >= 4 is 5.97 Å². The number of fused-ring (bicyclic) bond motifs is 5. The van der Waals surface area contributed by atoms with Crippen molar-refractivity contribution in [1.82, 2.24) is 0 Å². The molecular formula is C27H41NO4. The van der Waals surface area contributed by atoms with Crippen LogP contribution in [0.2, 0.25) is 0 Å². The molecule has 0 saturated heterocycles. The molecule has 3 N–H and O–H groups in total. The monoisotopic (exact) mass is 443 g/mol. The topological polar surface area (TPSA) is 81.8 Å². The molecule has 5 aliphatic rings. The van der Waals surface area contributed by atoms with Crippen molar-refractivity contribution < 1.29 is 19.4 Å². The summed E-state index contributed by atoms with van der Waals surface area (Å²) in [6.07, 6.45) is 15.6. The maximum atomic E-state index is 12.3. The van der Waals surface area contributed by atoms with E-state index < -0.39 is 11.6 Å². The number of allylic oxidation sites excluding steroid dienone is 2. The van der Waals surface area contributed by atoms with E-state index in [-0.39, 0.29) is 22.9 Å². The van der Waals surface area contributed by atoms with Crippen molar-refractivity contribution in [3.05, 3.63) is 24.0 Å². The molecule has 0 aromatic rings. The molecule has 1 heterocycles. The molecule has 178 valence electrons. The Bertz CT molecular complexity index is 820. The van der Waals surface area contributed by atoms with Gasteiger partial charge in [-0.25, -0.2) is 0 Å². The summed E-state index contributed by atoms with van der Waals surface area (Å²) in [5, 5.41) is 12.3. The highest BCUT2D eigenvalue weighted by molar-refractivity contribution is 5.75. The first-order valence-electron chi connectivity index (χ1n) is 12.9. The summed E-state index contributed by atoms with van der Waals surface area (Å²) in [5.74, 6) is 1.58. The van der Waals surface area contributed by atoms with Crippen LogP contribution in [0.1, 0.15) is 78.6 Å². The van der Waals surface area contributed by atoms with Crippen molar-refractivity contribution in [2.24, 2.45) is 40.2 Å². The van der Waals surface area contributed by atoms with Crippen LogP contribution in [0, 0.1) is 34.5 Å². The minimum absolute atomic E-state index is 0.000884. The summed E-state index contributed by atoms with van der Waals surface area (Å²) in [4.78, 5) is 12.0. The lowest BCUT2D eigenvalue weighted by molar-refractivity contribution is -0.210. The van der Waals surface area contributed by atoms with Gasteiger partial charge in [0.15, 0.2) is 0 Å². The molecule has 1 unspecified atom stereocenters. The molecule has 4 fully saturated rings. The Labute approximate surface area is 192 Å². The van der Waals surface area contributed by atoms with E-state index in [2.05, 4.69) is 26.0 Å². The van der Waals surface area contributed by atoms with Crippen molar-refractivity contribution in [2.75, 3.05) is 6.61 Å². The third-order valence-electron chi connectivity index (χ3n) is 10.6. The zero-order valence-electron chi connectivity index (χ0n) is 20.0. The highest BCUT2D eigenvalue weighted by Gasteiger charge is 2.67. The van der Waals surface area contributed by atoms with E-state index in [4.69, 9.17) is 15.2 Å². The maximum Gasteiger partial charge on any atom is 0.322 e. The first-order valence-corrected chi connectivity index (χ1v) is 12.9. The van der Waals surface area contributed by atoms with Crippen LogP contribution in [0.25, 0.3) is 0 Å². The number of carbonyl (C=O) groups is 1. The highest BCUT2D eigenvalue weighted by Crippen LogP contribution is 2.70. The van der Waals surface area contributed by atoms with Gasteiger partial charge in [0.1, 0.15) is 18.8 Å². The average Bonchev–Trinajstić information content (AvgIpc) is 3.06. The van der Waals surface area contributed by atoms with Crippen LogP contribution >= 0.6 is 0 Å². The van der Waals surface area contributed by atoms with Gasteiger partial charge in [-0.3, -0.25) is 4.79 Å².